The highest BCUT2D eigenvalue weighted by molar-refractivity contribution is 8.04. The number of nitrogens with one attached hydrogen (secondary N) is 1. The molecule has 3 nitrogen and oxygen atoms in total. The van der Waals surface area contributed by atoms with Gasteiger partial charge >= 0.3 is 0 Å². The minimum absolute atomic E-state index is 0.133. The van der Waals surface area contributed by atoms with E-state index in [2.05, 4.69) is 16.4 Å². The Hall–Kier alpha value is -0.640. The molecule has 2 fully saturated rings. The number of carbonyl (C=O) groups is 1. The molecule has 13 heavy (non-hydrogen) atoms. The fourth-order valence-corrected chi connectivity index (χ4v) is 2.40. The van der Waals surface area contributed by atoms with Crippen molar-refractivity contribution in [1.82, 2.24) is 10.2 Å². The van der Waals surface area contributed by atoms with Crippen LogP contribution >= 0.6 is 11.8 Å². The topological polar surface area (TPSA) is 32.3 Å². The molecule has 2 saturated heterocycles. The summed E-state index contributed by atoms with van der Waals surface area (Å²) in [6, 6.07) is 0. The number of hydrogen-bond acceptors (Lipinski definition) is 3. The lowest BCUT2D eigenvalue weighted by molar-refractivity contribution is -0.117. The Balaban J connectivity index is 1.90. The third kappa shape index (κ3) is 2.40. The van der Waals surface area contributed by atoms with Gasteiger partial charge in [0.15, 0.2) is 0 Å². The molecule has 0 aromatic carbocycles. The Bertz CT molecular complexity index is 234. The molecule has 0 unspecified atom stereocenters. The number of amides is 1. The second kappa shape index (κ2) is 4.05. The standard InChI is InChI=1S/C9H14N2OS/c12-8-7-13-9(10-8)6-11-4-2-1-3-5-11/h6H,1-5,7H2,(H,10,12). The second-order valence-electron chi connectivity index (χ2n) is 3.43. The average Bonchev–Trinajstić information content (AvgIpc) is 2.53. The molecule has 0 spiro atoms. The van der Waals surface area contributed by atoms with Crippen LogP contribution in [0.4, 0.5) is 0 Å². The quantitative estimate of drug-likeness (QED) is 0.685. The molecule has 0 bridgehead atoms. The molecule has 2 heterocycles. The largest absolute Gasteiger partial charge is 0.375 e. The summed E-state index contributed by atoms with van der Waals surface area (Å²) in [5, 5.41) is 3.86. The fraction of sp³-hybridized carbons (Fsp3) is 0.667. The molecule has 0 saturated carbocycles. The smallest absolute Gasteiger partial charge is 0.235 e. The van der Waals surface area contributed by atoms with Gasteiger partial charge in [0.2, 0.25) is 5.91 Å². The van der Waals surface area contributed by atoms with Crippen molar-refractivity contribution in [3.05, 3.63) is 11.2 Å². The fourth-order valence-electron chi connectivity index (χ4n) is 1.64. The summed E-state index contributed by atoms with van der Waals surface area (Å²) < 4.78 is 0. The van der Waals surface area contributed by atoms with Gasteiger partial charge in [-0.2, -0.15) is 0 Å². The lowest BCUT2D eigenvalue weighted by Gasteiger charge is -2.25. The molecule has 0 aromatic heterocycles. The van der Waals surface area contributed by atoms with Crippen molar-refractivity contribution in [2.45, 2.75) is 19.3 Å². The summed E-state index contributed by atoms with van der Waals surface area (Å²) in [6.45, 7) is 2.28. The highest BCUT2D eigenvalue weighted by atomic mass is 32.2. The van der Waals surface area contributed by atoms with Crippen LogP contribution in [0.1, 0.15) is 19.3 Å². The predicted octanol–water partition coefficient (Wildman–Crippen LogP) is 1.13. The Morgan fingerprint density at radius 3 is 2.69 bits per heavy atom. The SMILES string of the molecule is O=C1CSC(=CN2CCCCC2)N1. The molecule has 72 valence electrons. The van der Waals surface area contributed by atoms with E-state index in [-0.39, 0.29) is 5.91 Å². The number of rotatable bonds is 1. The van der Waals surface area contributed by atoms with E-state index in [0.29, 0.717) is 5.75 Å². The van der Waals surface area contributed by atoms with Crippen LogP contribution in [-0.4, -0.2) is 29.6 Å². The van der Waals surface area contributed by atoms with E-state index in [0.717, 1.165) is 18.1 Å². The van der Waals surface area contributed by atoms with Gasteiger partial charge in [0.25, 0.3) is 0 Å². The molecule has 0 radical (unpaired) electrons. The zero-order valence-electron chi connectivity index (χ0n) is 7.58. The van der Waals surface area contributed by atoms with E-state index >= 15 is 0 Å². The molecular weight excluding hydrogens is 184 g/mol. The summed E-state index contributed by atoms with van der Waals surface area (Å²) in [4.78, 5) is 13.2. The molecule has 2 aliphatic rings. The van der Waals surface area contributed by atoms with Crippen molar-refractivity contribution in [3.8, 4) is 0 Å². The second-order valence-corrected chi connectivity index (χ2v) is 4.44. The maximum atomic E-state index is 10.9. The van der Waals surface area contributed by atoms with Crippen LogP contribution in [0.2, 0.25) is 0 Å². The van der Waals surface area contributed by atoms with Gasteiger partial charge in [-0.15, -0.1) is 0 Å². The number of hydrogen-bond donors (Lipinski definition) is 1. The Morgan fingerprint density at radius 2 is 2.08 bits per heavy atom. The van der Waals surface area contributed by atoms with Crippen molar-refractivity contribution >= 4 is 17.7 Å². The summed E-state index contributed by atoms with van der Waals surface area (Å²) >= 11 is 1.60. The van der Waals surface area contributed by atoms with Crippen LogP contribution in [0.25, 0.3) is 0 Å². The first-order valence-corrected chi connectivity index (χ1v) is 5.72. The minimum atomic E-state index is 0.133. The Kier molecular flexibility index (Phi) is 2.78. The van der Waals surface area contributed by atoms with E-state index in [1.165, 1.54) is 19.3 Å². The van der Waals surface area contributed by atoms with Crippen LogP contribution in [0.3, 0.4) is 0 Å². The minimum Gasteiger partial charge on any atom is -0.375 e. The first-order chi connectivity index (χ1) is 6.34. The lowest BCUT2D eigenvalue weighted by atomic mass is 10.1. The highest BCUT2D eigenvalue weighted by Crippen LogP contribution is 2.20. The maximum Gasteiger partial charge on any atom is 0.235 e. The first-order valence-electron chi connectivity index (χ1n) is 4.73. The van der Waals surface area contributed by atoms with Crippen LogP contribution < -0.4 is 5.32 Å². The van der Waals surface area contributed by atoms with Gasteiger partial charge in [-0.3, -0.25) is 4.79 Å². The van der Waals surface area contributed by atoms with Crippen molar-refractivity contribution < 1.29 is 4.79 Å². The van der Waals surface area contributed by atoms with E-state index in [1.807, 2.05) is 0 Å². The number of thioether (sulfide) groups is 1. The molecule has 2 rings (SSSR count). The van der Waals surface area contributed by atoms with Crippen molar-refractivity contribution in [1.29, 1.82) is 0 Å². The van der Waals surface area contributed by atoms with Gasteiger partial charge in [-0.1, -0.05) is 11.8 Å². The average molecular weight is 198 g/mol. The summed E-state index contributed by atoms with van der Waals surface area (Å²) in [5.74, 6) is 0.716. The Morgan fingerprint density at radius 1 is 1.31 bits per heavy atom. The normalized spacial score (nSPS) is 26.6. The summed E-state index contributed by atoms with van der Waals surface area (Å²) in [6.07, 6.45) is 6.00. The van der Waals surface area contributed by atoms with Crippen LogP contribution in [0.5, 0.6) is 0 Å². The molecular formula is C9H14N2OS. The first kappa shape index (κ1) is 8.94. The molecule has 4 heteroatoms. The van der Waals surface area contributed by atoms with Gasteiger partial charge in [-0.05, 0) is 19.3 Å². The van der Waals surface area contributed by atoms with Crippen LogP contribution in [-0.2, 0) is 4.79 Å². The number of nitrogens with zero attached hydrogens (tertiary/aromatic N) is 1. The van der Waals surface area contributed by atoms with E-state index < -0.39 is 0 Å². The van der Waals surface area contributed by atoms with E-state index in [1.54, 1.807) is 11.8 Å². The van der Waals surface area contributed by atoms with Gasteiger partial charge in [0.1, 0.15) is 0 Å². The van der Waals surface area contributed by atoms with Gasteiger partial charge in [-0.25, -0.2) is 0 Å². The molecule has 0 aromatic rings. The molecule has 1 N–H and O–H groups in total. The summed E-state index contributed by atoms with van der Waals surface area (Å²) in [5.41, 5.74) is 0. The number of carbonyl (C=O) groups excluding carboxylic acids is 1. The maximum absolute atomic E-state index is 10.9. The zero-order chi connectivity index (χ0) is 9.10. The Labute approximate surface area is 82.6 Å². The van der Waals surface area contributed by atoms with Gasteiger partial charge in [0.05, 0.1) is 10.8 Å². The zero-order valence-corrected chi connectivity index (χ0v) is 8.40. The predicted molar refractivity (Wildman–Crippen MR) is 54.1 cm³/mol. The summed E-state index contributed by atoms with van der Waals surface area (Å²) in [7, 11) is 0. The third-order valence-corrected chi connectivity index (χ3v) is 3.24. The van der Waals surface area contributed by atoms with Crippen molar-refractivity contribution in [2.75, 3.05) is 18.8 Å². The monoisotopic (exact) mass is 198 g/mol. The molecule has 0 atom stereocenters. The van der Waals surface area contributed by atoms with Crippen molar-refractivity contribution in [3.63, 3.8) is 0 Å². The van der Waals surface area contributed by atoms with E-state index in [4.69, 9.17) is 0 Å². The third-order valence-electron chi connectivity index (χ3n) is 2.31. The molecule has 0 aliphatic carbocycles. The molecule has 1 amide bonds. The van der Waals surface area contributed by atoms with Gasteiger partial charge in [0, 0.05) is 19.3 Å². The van der Waals surface area contributed by atoms with E-state index in [9.17, 15) is 4.79 Å². The number of piperidine rings is 1. The number of likely N-dealkylation sites (tertiary alicyclic amines) is 1. The van der Waals surface area contributed by atoms with Crippen molar-refractivity contribution in [2.24, 2.45) is 0 Å². The molecule has 2 aliphatic heterocycles. The van der Waals surface area contributed by atoms with Gasteiger partial charge < -0.3 is 10.2 Å². The lowest BCUT2D eigenvalue weighted by Crippen LogP contribution is -2.26. The highest BCUT2D eigenvalue weighted by Gasteiger charge is 2.16. The van der Waals surface area contributed by atoms with Crippen LogP contribution in [0, 0.1) is 0 Å². The van der Waals surface area contributed by atoms with Crippen LogP contribution in [0.15, 0.2) is 11.2 Å².